The molecule has 18 heavy (non-hydrogen) atoms. The van der Waals surface area contributed by atoms with Crippen LogP contribution >= 0.6 is 0 Å². The second-order valence-electron chi connectivity index (χ2n) is 4.35. The van der Waals surface area contributed by atoms with E-state index in [-0.39, 0.29) is 18.1 Å². The van der Waals surface area contributed by atoms with Gasteiger partial charge in [0.05, 0.1) is 0 Å². The number of carboxylic acid groups (broad SMARTS) is 1. The monoisotopic (exact) mass is 251 g/mol. The van der Waals surface area contributed by atoms with Gasteiger partial charge in [-0.05, 0) is 42.7 Å². The summed E-state index contributed by atoms with van der Waals surface area (Å²) in [6, 6.07) is 2.20. The molecule has 1 aromatic carbocycles. The quantitative estimate of drug-likeness (QED) is 0.749. The molecule has 0 aromatic heterocycles. The van der Waals surface area contributed by atoms with Crippen molar-refractivity contribution in [1.82, 2.24) is 5.32 Å². The molecule has 1 atom stereocenters. The fraction of sp³-hybridized carbons (Fsp3) is 0.385. The maximum absolute atomic E-state index is 11.1. The molecule has 1 rings (SSSR count). The van der Waals surface area contributed by atoms with E-state index in [0.717, 1.165) is 16.7 Å². The fourth-order valence-electron chi connectivity index (χ4n) is 1.94. The SMILES string of the molecule is CC(=O)N[C@H](Cc1c(C)cc(O)cc1C)C(=O)O. The number of aliphatic carboxylic acids is 1. The molecule has 0 bridgehead atoms. The summed E-state index contributed by atoms with van der Waals surface area (Å²) in [6.45, 7) is 4.88. The summed E-state index contributed by atoms with van der Waals surface area (Å²) < 4.78 is 0. The molecule has 5 nitrogen and oxygen atoms in total. The van der Waals surface area contributed by atoms with E-state index in [1.54, 1.807) is 26.0 Å². The molecule has 3 N–H and O–H groups in total. The number of amides is 1. The topological polar surface area (TPSA) is 86.6 Å². The molecular weight excluding hydrogens is 234 g/mol. The van der Waals surface area contributed by atoms with Crippen LogP contribution < -0.4 is 5.32 Å². The predicted molar refractivity (Wildman–Crippen MR) is 66.5 cm³/mol. The number of carboxylic acids is 1. The van der Waals surface area contributed by atoms with Gasteiger partial charge in [-0.25, -0.2) is 4.79 Å². The number of hydrogen-bond donors (Lipinski definition) is 3. The standard InChI is InChI=1S/C13H17NO4/c1-7-4-10(16)5-8(2)11(7)6-12(13(17)18)14-9(3)15/h4-5,12,16H,6H2,1-3H3,(H,14,15)(H,17,18)/t12-/m1/s1. The molecule has 5 heteroatoms. The molecule has 1 aromatic rings. The summed E-state index contributed by atoms with van der Waals surface area (Å²) in [6.07, 6.45) is 0.201. The van der Waals surface area contributed by atoms with Gasteiger partial charge in [-0.1, -0.05) is 0 Å². The van der Waals surface area contributed by atoms with Crippen molar-refractivity contribution in [3.05, 3.63) is 28.8 Å². The van der Waals surface area contributed by atoms with E-state index in [1.165, 1.54) is 6.92 Å². The Kier molecular flexibility index (Phi) is 4.31. The smallest absolute Gasteiger partial charge is 0.326 e. The lowest BCUT2D eigenvalue weighted by molar-refractivity contribution is -0.141. The molecule has 0 aliphatic rings. The Bertz CT molecular complexity index is 459. The molecule has 0 fully saturated rings. The Balaban J connectivity index is 3.01. The number of phenolic OH excluding ortho intramolecular Hbond substituents is 1. The number of nitrogens with one attached hydrogen (secondary N) is 1. The Morgan fingerprint density at radius 2 is 1.78 bits per heavy atom. The van der Waals surface area contributed by atoms with Gasteiger partial charge >= 0.3 is 5.97 Å². The third-order valence-electron chi connectivity index (χ3n) is 2.76. The van der Waals surface area contributed by atoms with Crippen LogP contribution in [0, 0.1) is 13.8 Å². The molecule has 0 saturated carbocycles. The third-order valence-corrected chi connectivity index (χ3v) is 2.76. The zero-order valence-electron chi connectivity index (χ0n) is 10.7. The minimum absolute atomic E-state index is 0.153. The molecule has 0 heterocycles. The first kappa shape index (κ1) is 14.0. The van der Waals surface area contributed by atoms with Crippen LogP contribution in [0.2, 0.25) is 0 Å². The number of aryl methyl sites for hydroxylation is 2. The van der Waals surface area contributed by atoms with Gasteiger partial charge in [-0.15, -0.1) is 0 Å². The number of rotatable bonds is 4. The summed E-state index contributed by atoms with van der Waals surface area (Å²) in [5.74, 6) is -1.30. The van der Waals surface area contributed by atoms with Crippen molar-refractivity contribution in [2.45, 2.75) is 33.2 Å². The molecule has 1 amide bonds. The minimum atomic E-state index is -1.07. The van der Waals surface area contributed by atoms with Crippen LogP contribution in [0.15, 0.2) is 12.1 Å². The Hall–Kier alpha value is -2.04. The molecule has 0 spiro atoms. The molecular formula is C13H17NO4. The zero-order valence-corrected chi connectivity index (χ0v) is 10.7. The van der Waals surface area contributed by atoms with Gasteiger partial charge < -0.3 is 15.5 Å². The molecule has 0 radical (unpaired) electrons. The number of phenols is 1. The first-order chi connectivity index (χ1) is 8.31. The number of hydrogen-bond acceptors (Lipinski definition) is 3. The van der Waals surface area contributed by atoms with Crippen LogP contribution in [0.1, 0.15) is 23.6 Å². The summed E-state index contributed by atoms with van der Waals surface area (Å²) in [5.41, 5.74) is 2.45. The van der Waals surface area contributed by atoms with E-state index < -0.39 is 12.0 Å². The molecule has 0 aliphatic carbocycles. The van der Waals surface area contributed by atoms with E-state index in [4.69, 9.17) is 5.11 Å². The van der Waals surface area contributed by atoms with E-state index in [9.17, 15) is 14.7 Å². The van der Waals surface area contributed by atoms with E-state index >= 15 is 0 Å². The van der Waals surface area contributed by atoms with Gasteiger partial charge in [0.15, 0.2) is 0 Å². The lowest BCUT2D eigenvalue weighted by Crippen LogP contribution is -2.41. The Morgan fingerprint density at radius 3 is 2.17 bits per heavy atom. The highest BCUT2D eigenvalue weighted by molar-refractivity contribution is 5.82. The van der Waals surface area contributed by atoms with Crippen LogP contribution in [0.25, 0.3) is 0 Å². The van der Waals surface area contributed by atoms with Gasteiger partial charge in [0.2, 0.25) is 5.91 Å². The van der Waals surface area contributed by atoms with Crippen LogP contribution in [0.3, 0.4) is 0 Å². The minimum Gasteiger partial charge on any atom is -0.508 e. The molecule has 98 valence electrons. The summed E-state index contributed by atoms with van der Waals surface area (Å²) in [4.78, 5) is 22.0. The third kappa shape index (κ3) is 3.48. The summed E-state index contributed by atoms with van der Waals surface area (Å²) in [5, 5.41) is 20.9. The first-order valence-electron chi connectivity index (χ1n) is 5.60. The van der Waals surface area contributed by atoms with Crippen LogP contribution in [-0.4, -0.2) is 28.1 Å². The van der Waals surface area contributed by atoms with Crippen molar-refractivity contribution in [2.24, 2.45) is 0 Å². The van der Waals surface area contributed by atoms with Gasteiger partial charge in [0.25, 0.3) is 0 Å². The second kappa shape index (κ2) is 5.53. The van der Waals surface area contributed by atoms with Crippen molar-refractivity contribution in [1.29, 1.82) is 0 Å². The van der Waals surface area contributed by atoms with Gasteiger partial charge in [-0.3, -0.25) is 4.79 Å². The van der Waals surface area contributed by atoms with E-state index in [0.29, 0.717) is 0 Å². The largest absolute Gasteiger partial charge is 0.508 e. The van der Waals surface area contributed by atoms with Crippen molar-refractivity contribution >= 4 is 11.9 Å². The highest BCUT2D eigenvalue weighted by Crippen LogP contribution is 2.22. The highest BCUT2D eigenvalue weighted by atomic mass is 16.4. The van der Waals surface area contributed by atoms with Crippen molar-refractivity contribution in [2.75, 3.05) is 0 Å². The normalized spacial score (nSPS) is 11.9. The second-order valence-corrected chi connectivity index (χ2v) is 4.35. The lowest BCUT2D eigenvalue weighted by atomic mass is 9.96. The molecule has 0 unspecified atom stereocenters. The van der Waals surface area contributed by atoms with Crippen LogP contribution in [0.5, 0.6) is 5.75 Å². The van der Waals surface area contributed by atoms with Crippen molar-refractivity contribution in [3.63, 3.8) is 0 Å². The Morgan fingerprint density at radius 1 is 1.28 bits per heavy atom. The average Bonchev–Trinajstić information content (AvgIpc) is 2.20. The van der Waals surface area contributed by atoms with Crippen molar-refractivity contribution in [3.8, 4) is 5.75 Å². The van der Waals surface area contributed by atoms with E-state index in [2.05, 4.69) is 5.32 Å². The van der Waals surface area contributed by atoms with Gasteiger partial charge in [0.1, 0.15) is 11.8 Å². The number of carbonyl (C=O) groups excluding carboxylic acids is 1. The lowest BCUT2D eigenvalue weighted by Gasteiger charge is -2.17. The maximum atomic E-state index is 11.1. The van der Waals surface area contributed by atoms with Crippen molar-refractivity contribution < 1.29 is 19.8 Å². The number of aromatic hydroxyl groups is 1. The van der Waals surface area contributed by atoms with E-state index in [1.807, 2.05) is 0 Å². The van der Waals surface area contributed by atoms with Gasteiger partial charge in [-0.2, -0.15) is 0 Å². The van der Waals surface area contributed by atoms with Crippen LogP contribution in [0.4, 0.5) is 0 Å². The Labute approximate surface area is 105 Å². The van der Waals surface area contributed by atoms with Gasteiger partial charge in [0, 0.05) is 13.3 Å². The summed E-state index contributed by atoms with van der Waals surface area (Å²) >= 11 is 0. The highest BCUT2D eigenvalue weighted by Gasteiger charge is 2.20. The maximum Gasteiger partial charge on any atom is 0.326 e. The predicted octanol–water partition coefficient (Wildman–Crippen LogP) is 1.14. The number of carbonyl (C=O) groups is 2. The zero-order chi connectivity index (χ0) is 13.9. The fourth-order valence-corrected chi connectivity index (χ4v) is 1.94. The molecule has 0 aliphatic heterocycles. The number of benzene rings is 1. The van der Waals surface area contributed by atoms with Crippen LogP contribution in [-0.2, 0) is 16.0 Å². The first-order valence-corrected chi connectivity index (χ1v) is 5.60. The molecule has 0 saturated heterocycles. The average molecular weight is 251 g/mol. The summed E-state index contributed by atoms with van der Waals surface area (Å²) in [7, 11) is 0.